The fourth-order valence-electron chi connectivity index (χ4n) is 2.75. The molecule has 0 atom stereocenters. The second-order valence-corrected chi connectivity index (χ2v) is 6.86. The van der Waals surface area contributed by atoms with Gasteiger partial charge in [-0.1, -0.05) is 52.8 Å². The number of hydrogen-bond donors (Lipinski definition) is 0. The van der Waals surface area contributed by atoms with Crippen molar-refractivity contribution in [1.29, 1.82) is 0 Å². The third kappa shape index (κ3) is 2.03. The Bertz CT molecular complexity index is 391. The van der Waals surface area contributed by atoms with Gasteiger partial charge in [0.2, 0.25) is 0 Å². The minimum Gasteiger partial charge on any atom is -0.0585 e. The predicted molar refractivity (Wildman–Crippen MR) is 71.1 cm³/mol. The van der Waals surface area contributed by atoms with Crippen LogP contribution in [0.4, 0.5) is 0 Å². The van der Waals surface area contributed by atoms with Crippen molar-refractivity contribution >= 4 is 0 Å². The molecule has 1 aromatic rings. The van der Waals surface area contributed by atoms with Crippen molar-refractivity contribution in [2.45, 2.75) is 64.7 Å². The van der Waals surface area contributed by atoms with E-state index in [0.717, 1.165) is 0 Å². The van der Waals surface area contributed by atoms with Gasteiger partial charge in [-0.3, -0.25) is 0 Å². The van der Waals surface area contributed by atoms with Crippen LogP contribution in [0.15, 0.2) is 18.2 Å². The maximum absolute atomic E-state index is 2.45. The fourth-order valence-corrected chi connectivity index (χ4v) is 2.75. The first-order valence-corrected chi connectivity index (χ1v) is 6.45. The van der Waals surface area contributed by atoms with Crippen molar-refractivity contribution in [3.8, 4) is 0 Å². The summed E-state index contributed by atoms with van der Waals surface area (Å²) >= 11 is 0. The highest BCUT2D eigenvalue weighted by atomic mass is 14.3. The normalized spacial score (nSPS) is 19.3. The van der Waals surface area contributed by atoms with Crippen molar-refractivity contribution in [2.75, 3.05) is 0 Å². The first-order valence-electron chi connectivity index (χ1n) is 6.45. The summed E-state index contributed by atoms with van der Waals surface area (Å²) in [7, 11) is 0. The first-order chi connectivity index (χ1) is 7.31. The number of hydrogen-bond acceptors (Lipinski definition) is 0. The number of aryl methyl sites for hydroxylation is 1. The van der Waals surface area contributed by atoms with Crippen LogP contribution in [0.3, 0.4) is 0 Å². The van der Waals surface area contributed by atoms with Gasteiger partial charge >= 0.3 is 0 Å². The van der Waals surface area contributed by atoms with Crippen molar-refractivity contribution in [1.82, 2.24) is 0 Å². The van der Waals surface area contributed by atoms with Gasteiger partial charge in [-0.25, -0.2) is 0 Å². The molecular formula is C16H24. The van der Waals surface area contributed by atoms with E-state index in [4.69, 9.17) is 0 Å². The molecule has 0 bridgehead atoms. The molecule has 0 saturated carbocycles. The molecule has 0 spiro atoms. The summed E-state index contributed by atoms with van der Waals surface area (Å²) in [4.78, 5) is 0. The minimum absolute atomic E-state index is 0.266. The summed E-state index contributed by atoms with van der Waals surface area (Å²) in [5.41, 5.74) is 5.27. The smallest absolute Gasteiger partial charge is 0.0101 e. The van der Waals surface area contributed by atoms with Crippen LogP contribution in [0.1, 0.15) is 64.2 Å². The number of benzene rings is 1. The maximum atomic E-state index is 2.45. The lowest BCUT2D eigenvalue weighted by Crippen LogP contribution is -2.25. The largest absolute Gasteiger partial charge is 0.0585 e. The second-order valence-electron chi connectivity index (χ2n) is 6.86. The lowest BCUT2D eigenvalue weighted by molar-refractivity contribution is 0.430. The van der Waals surface area contributed by atoms with Crippen molar-refractivity contribution in [3.05, 3.63) is 34.9 Å². The highest BCUT2D eigenvalue weighted by Crippen LogP contribution is 2.38. The van der Waals surface area contributed by atoms with Crippen LogP contribution in [0, 0.1) is 0 Å². The molecule has 0 heterocycles. The Morgan fingerprint density at radius 1 is 1.12 bits per heavy atom. The lowest BCUT2D eigenvalue weighted by Gasteiger charge is -2.34. The van der Waals surface area contributed by atoms with Crippen molar-refractivity contribution < 1.29 is 0 Å². The standard InChI is InChI=1S/C16H24/c1-15(2,3)13-9-8-12-7-6-10-16(4,5)14(12)11-13/h8-9,11H,6-7,10H2,1-5H3. The summed E-state index contributed by atoms with van der Waals surface area (Å²) in [5.74, 6) is 0. The molecule has 0 radical (unpaired) electrons. The van der Waals surface area contributed by atoms with E-state index in [-0.39, 0.29) is 5.41 Å². The molecule has 1 aliphatic carbocycles. The molecule has 0 nitrogen and oxygen atoms in total. The van der Waals surface area contributed by atoms with E-state index < -0.39 is 0 Å². The maximum Gasteiger partial charge on any atom is -0.0101 e. The van der Waals surface area contributed by atoms with Gasteiger partial charge in [0.15, 0.2) is 0 Å². The Morgan fingerprint density at radius 2 is 1.81 bits per heavy atom. The third-order valence-corrected chi connectivity index (χ3v) is 3.95. The molecule has 16 heavy (non-hydrogen) atoms. The van der Waals surface area contributed by atoms with E-state index >= 15 is 0 Å². The highest BCUT2D eigenvalue weighted by molar-refractivity contribution is 5.41. The van der Waals surface area contributed by atoms with E-state index in [1.165, 1.54) is 24.8 Å². The zero-order valence-corrected chi connectivity index (χ0v) is 11.4. The Balaban J connectivity index is 2.52. The van der Waals surface area contributed by atoms with Gasteiger partial charge in [-0.2, -0.15) is 0 Å². The summed E-state index contributed by atoms with van der Waals surface area (Å²) in [6.07, 6.45) is 3.94. The van der Waals surface area contributed by atoms with E-state index in [0.29, 0.717) is 5.41 Å². The second kappa shape index (κ2) is 3.61. The van der Waals surface area contributed by atoms with Gasteiger partial charge in [0.1, 0.15) is 0 Å². The lowest BCUT2D eigenvalue weighted by atomic mass is 9.71. The number of fused-ring (bicyclic) bond motifs is 1. The molecule has 1 aromatic carbocycles. The average molecular weight is 216 g/mol. The van der Waals surface area contributed by atoms with Crippen LogP contribution in [0.5, 0.6) is 0 Å². The van der Waals surface area contributed by atoms with Gasteiger partial charge in [0.05, 0.1) is 0 Å². The van der Waals surface area contributed by atoms with E-state index in [1.54, 1.807) is 11.1 Å². The Labute approximate surface area is 100 Å². The van der Waals surface area contributed by atoms with Gasteiger partial charge in [0.25, 0.3) is 0 Å². The van der Waals surface area contributed by atoms with Crippen LogP contribution >= 0.6 is 0 Å². The Hall–Kier alpha value is -0.780. The quantitative estimate of drug-likeness (QED) is 0.594. The van der Waals surface area contributed by atoms with E-state index in [2.05, 4.69) is 52.8 Å². The van der Waals surface area contributed by atoms with Gasteiger partial charge in [-0.05, 0) is 46.8 Å². The molecule has 88 valence electrons. The Morgan fingerprint density at radius 3 is 2.44 bits per heavy atom. The molecule has 0 N–H and O–H groups in total. The van der Waals surface area contributed by atoms with Crippen LogP contribution < -0.4 is 0 Å². The molecule has 0 saturated heterocycles. The average Bonchev–Trinajstić information content (AvgIpc) is 2.15. The molecule has 1 aliphatic rings. The van der Waals surface area contributed by atoms with Crippen molar-refractivity contribution in [3.63, 3.8) is 0 Å². The highest BCUT2D eigenvalue weighted by Gasteiger charge is 2.28. The molecular weight excluding hydrogens is 192 g/mol. The predicted octanol–water partition coefficient (Wildman–Crippen LogP) is 4.60. The Kier molecular flexibility index (Phi) is 2.64. The fraction of sp³-hybridized carbons (Fsp3) is 0.625. The topological polar surface area (TPSA) is 0 Å². The first kappa shape index (κ1) is 11.7. The molecule has 0 aliphatic heterocycles. The molecule has 2 rings (SSSR count). The monoisotopic (exact) mass is 216 g/mol. The van der Waals surface area contributed by atoms with E-state index in [1.807, 2.05) is 0 Å². The van der Waals surface area contributed by atoms with Gasteiger partial charge in [-0.15, -0.1) is 0 Å². The summed E-state index contributed by atoms with van der Waals surface area (Å²) in [6.45, 7) is 11.7. The molecule has 0 heteroatoms. The molecule has 0 unspecified atom stereocenters. The minimum atomic E-state index is 0.266. The van der Waals surface area contributed by atoms with Crippen LogP contribution in [0.25, 0.3) is 0 Å². The van der Waals surface area contributed by atoms with E-state index in [9.17, 15) is 0 Å². The zero-order chi connectivity index (χ0) is 12.0. The SMILES string of the molecule is CC(C)(C)c1ccc2c(c1)C(C)(C)CCC2. The summed E-state index contributed by atoms with van der Waals surface area (Å²) < 4.78 is 0. The van der Waals surface area contributed by atoms with Crippen LogP contribution in [-0.4, -0.2) is 0 Å². The number of rotatable bonds is 0. The van der Waals surface area contributed by atoms with Crippen LogP contribution in [0.2, 0.25) is 0 Å². The van der Waals surface area contributed by atoms with Gasteiger partial charge < -0.3 is 0 Å². The third-order valence-electron chi connectivity index (χ3n) is 3.95. The molecule has 0 amide bonds. The van der Waals surface area contributed by atoms with Gasteiger partial charge in [0, 0.05) is 0 Å². The summed E-state index contributed by atoms with van der Waals surface area (Å²) in [5, 5.41) is 0. The van der Waals surface area contributed by atoms with Crippen molar-refractivity contribution in [2.24, 2.45) is 0 Å². The van der Waals surface area contributed by atoms with Crippen LogP contribution in [-0.2, 0) is 17.3 Å². The molecule has 0 fully saturated rings. The summed E-state index contributed by atoms with van der Waals surface area (Å²) in [6, 6.07) is 7.13. The zero-order valence-electron chi connectivity index (χ0n) is 11.4. The molecule has 0 aromatic heterocycles.